The molecule has 1 fully saturated rings. The van der Waals surface area contributed by atoms with E-state index < -0.39 is 10.0 Å². The molecule has 7 nitrogen and oxygen atoms in total. The quantitative estimate of drug-likeness (QED) is 0.613. The number of piperidine rings is 1. The number of nitrogens with one attached hydrogen (secondary N) is 2. The van der Waals surface area contributed by atoms with E-state index in [4.69, 9.17) is 0 Å². The molecule has 190 valence electrons. The average Bonchev–Trinajstić information content (AvgIpc) is 2.77. The smallest absolute Gasteiger partial charge is 0.262 e. The highest BCUT2D eigenvalue weighted by atomic mass is 32.2. The standard InChI is InChI=1S/C27H37N3O4S/c1-18(2)28-25(31)20-12-14-30(15-13-20)26(32)21-8-7-9-23(16-21)29-35(33,34)24-17-22(27(4,5)6)11-10-19(24)3/h7-11,16-18,20,29H,12-15H2,1-6H3,(H,28,31). The van der Waals surface area contributed by atoms with E-state index >= 15 is 0 Å². The van der Waals surface area contributed by atoms with Crippen molar-refractivity contribution >= 4 is 27.5 Å². The van der Waals surface area contributed by atoms with Crippen LogP contribution in [0.15, 0.2) is 47.4 Å². The first-order valence-electron chi connectivity index (χ1n) is 12.1. The van der Waals surface area contributed by atoms with Crippen molar-refractivity contribution in [3.05, 3.63) is 59.2 Å². The maximum absolute atomic E-state index is 13.2. The van der Waals surface area contributed by atoms with Crippen molar-refractivity contribution in [3.8, 4) is 0 Å². The number of carbonyl (C=O) groups excluding carboxylic acids is 2. The number of anilines is 1. The Bertz CT molecular complexity index is 1190. The van der Waals surface area contributed by atoms with Crippen molar-refractivity contribution in [2.45, 2.75) is 70.7 Å². The number of hydrogen-bond acceptors (Lipinski definition) is 4. The average molecular weight is 500 g/mol. The van der Waals surface area contributed by atoms with Crippen LogP contribution in [0.1, 0.15) is 68.9 Å². The first-order valence-corrected chi connectivity index (χ1v) is 13.6. The number of nitrogens with zero attached hydrogens (tertiary/aromatic N) is 1. The Morgan fingerprint density at radius 2 is 1.69 bits per heavy atom. The lowest BCUT2D eigenvalue weighted by molar-refractivity contribution is -0.126. The topological polar surface area (TPSA) is 95.6 Å². The summed E-state index contributed by atoms with van der Waals surface area (Å²) in [7, 11) is -3.84. The highest BCUT2D eigenvalue weighted by Gasteiger charge is 2.28. The first-order chi connectivity index (χ1) is 16.3. The number of sulfonamides is 1. The summed E-state index contributed by atoms with van der Waals surface area (Å²) in [5.41, 5.74) is 2.14. The van der Waals surface area contributed by atoms with Crippen LogP contribution in [-0.2, 0) is 20.2 Å². The zero-order valence-electron chi connectivity index (χ0n) is 21.5. The predicted molar refractivity (Wildman–Crippen MR) is 139 cm³/mol. The maximum Gasteiger partial charge on any atom is 0.262 e. The predicted octanol–water partition coefficient (Wildman–Crippen LogP) is 4.47. The minimum Gasteiger partial charge on any atom is -0.354 e. The van der Waals surface area contributed by atoms with Crippen LogP contribution in [0, 0.1) is 12.8 Å². The van der Waals surface area contributed by atoms with Crippen molar-refractivity contribution in [1.29, 1.82) is 0 Å². The second-order valence-corrected chi connectivity index (χ2v) is 12.3. The largest absolute Gasteiger partial charge is 0.354 e. The molecule has 0 spiro atoms. The van der Waals surface area contributed by atoms with Gasteiger partial charge in [0.2, 0.25) is 5.91 Å². The normalized spacial score (nSPS) is 15.2. The molecule has 2 amide bonds. The number of carbonyl (C=O) groups is 2. The molecule has 0 aliphatic carbocycles. The molecule has 3 rings (SSSR count). The molecule has 2 aromatic rings. The summed E-state index contributed by atoms with van der Waals surface area (Å²) in [5.74, 6) is -0.222. The lowest BCUT2D eigenvalue weighted by atomic mass is 9.87. The van der Waals surface area contributed by atoms with E-state index in [1.54, 1.807) is 42.2 Å². The van der Waals surface area contributed by atoms with Crippen LogP contribution in [0.4, 0.5) is 5.69 Å². The van der Waals surface area contributed by atoms with Gasteiger partial charge in [-0.05, 0) is 74.4 Å². The van der Waals surface area contributed by atoms with Crippen molar-refractivity contribution in [1.82, 2.24) is 10.2 Å². The van der Waals surface area contributed by atoms with Gasteiger partial charge >= 0.3 is 0 Å². The van der Waals surface area contributed by atoms with E-state index in [0.29, 0.717) is 42.7 Å². The van der Waals surface area contributed by atoms with Crippen LogP contribution in [0.2, 0.25) is 0 Å². The zero-order valence-corrected chi connectivity index (χ0v) is 22.3. The van der Waals surface area contributed by atoms with E-state index in [-0.39, 0.29) is 34.1 Å². The number of likely N-dealkylation sites (tertiary alicyclic amines) is 1. The Balaban J connectivity index is 1.73. The molecule has 1 saturated heterocycles. The molecule has 1 aliphatic heterocycles. The number of amides is 2. The van der Waals surface area contributed by atoms with Crippen molar-refractivity contribution in [3.63, 3.8) is 0 Å². The molecule has 8 heteroatoms. The van der Waals surface area contributed by atoms with Gasteiger partial charge in [0.25, 0.3) is 15.9 Å². The van der Waals surface area contributed by atoms with Gasteiger partial charge in [-0.3, -0.25) is 14.3 Å². The van der Waals surface area contributed by atoms with Crippen molar-refractivity contribution in [2.24, 2.45) is 5.92 Å². The summed E-state index contributed by atoms with van der Waals surface area (Å²) < 4.78 is 29.1. The number of rotatable bonds is 6. The fourth-order valence-corrected chi connectivity index (χ4v) is 5.53. The Morgan fingerprint density at radius 1 is 1.03 bits per heavy atom. The van der Waals surface area contributed by atoms with E-state index in [0.717, 1.165) is 5.56 Å². The second kappa shape index (κ2) is 10.4. The summed E-state index contributed by atoms with van der Waals surface area (Å²) >= 11 is 0. The molecule has 1 heterocycles. The molecule has 0 saturated carbocycles. The van der Waals surface area contributed by atoms with Gasteiger partial charge < -0.3 is 10.2 Å². The third-order valence-corrected chi connectivity index (χ3v) is 7.81. The van der Waals surface area contributed by atoms with Crippen LogP contribution in [0.5, 0.6) is 0 Å². The van der Waals surface area contributed by atoms with Gasteiger partial charge in [0.15, 0.2) is 0 Å². The molecule has 0 atom stereocenters. The monoisotopic (exact) mass is 499 g/mol. The van der Waals surface area contributed by atoms with Crippen LogP contribution >= 0.6 is 0 Å². The third kappa shape index (κ3) is 6.63. The van der Waals surface area contributed by atoms with Gasteiger partial charge in [0.1, 0.15) is 0 Å². The van der Waals surface area contributed by atoms with Crippen molar-refractivity contribution < 1.29 is 18.0 Å². The first kappa shape index (κ1) is 26.7. The summed E-state index contributed by atoms with van der Waals surface area (Å²) in [6, 6.07) is 12.1. The molecule has 35 heavy (non-hydrogen) atoms. The van der Waals surface area contributed by atoms with Crippen LogP contribution < -0.4 is 10.0 Å². The van der Waals surface area contributed by atoms with E-state index in [1.165, 1.54) is 0 Å². The van der Waals surface area contributed by atoms with E-state index in [2.05, 4.69) is 10.0 Å². The summed E-state index contributed by atoms with van der Waals surface area (Å²) in [4.78, 5) is 27.3. The molecule has 2 aromatic carbocycles. The Kier molecular flexibility index (Phi) is 7.94. The molecular formula is C27H37N3O4S. The highest BCUT2D eigenvalue weighted by molar-refractivity contribution is 7.92. The van der Waals surface area contributed by atoms with Gasteiger partial charge in [0, 0.05) is 36.3 Å². The molecule has 0 unspecified atom stereocenters. The Morgan fingerprint density at radius 3 is 2.29 bits per heavy atom. The van der Waals surface area contributed by atoms with E-state index in [1.807, 2.05) is 46.8 Å². The van der Waals surface area contributed by atoms with Gasteiger partial charge in [-0.25, -0.2) is 8.42 Å². The maximum atomic E-state index is 13.2. The fourth-order valence-electron chi connectivity index (χ4n) is 4.21. The third-order valence-electron chi connectivity index (χ3n) is 6.29. The molecule has 0 radical (unpaired) electrons. The van der Waals surface area contributed by atoms with Crippen LogP contribution in [0.25, 0.3) is 0 Å². The van der Waals surface area contributed by atoms with Crippen molar-refractivity contribution in [2.75, 3.05) is 17.8 Å². The minimum atomic E-state index is -3.84. The van der Waals surface area contributed by atoms with Crippen LogP contribution in [0.3, 0.4) is 0 Å². The van der Waals surface area contributed by atoms with E-state index in [9.17, 15) is 18.0 Å². The zero-order chi connectivity index (χ0) is 26.0. The second-order valence-electron chi connectivity index (χ2n) is 10.6. The minimum absolute atomic E-state index is 0.0364. The highest BCUT2D eigenvalue weighted by Crippen LogP contribution is 2.28. The van der Waals surface area contributed by atoms with Gasteiger partial charge in [0.05, 0.1) is 4.90 Å². The summed E-state index contributed by atoms with van der Waals surface area (Å²) in [6.07, 6.45) is 1.22. The Labute approximate surface area is 209 Å². The van der Waals surface area contributed by atoms with Gasteiger partial charge in [-0.2, -0.15) is 0 Å². The molecular weight excluding hydrogens is 462 g/mol. The fraction of sp³-hybridized carbons (Fsp3) is 0.481. The number of benzene rings is 2. The van der Waals surface area contributed by atoms with Gasteiger partial charge in [-0.1, -0.05) is 39.0 Å². The van der Waals surface area contributed by atoms with Crippen LogP contribution in [-0.4, -0.2) is 44.3 Å². The lowest BCUT2D eigenvalue weighted by Crippen LogP contribution is -2.44. The molecule has 0 bridgehead atoms. The SMILES string of the molecule is Cc1ccc(C(C)(C)C)cc1S(=O)(=O)Nc1cccc(C(=O)N2CCC(C(=O)NC(C)C)CC2)c1. The molecule has 1 aliphatic rings. The van der Waals surface area contributed by atoms with Gasteiger partial charge in [-0.15, -0.1) is 0 Å². The molecule has 0 aromatic heterocycles. The number of aryl methyl sites for hydroxylation is 1. The lowest BCUT2D eigenvalue weighted by Gasteiger charge is -2.31. The summed E-state index contributed by atoms with van der Waals surface area (Å²) in [6.45, 7) is 12.7. The molecule has 2 N–H and O–H groups in total. The Hall–Kier alpha value is -2.87. The summed E-state index contributed by atoms with van der Waals surface area (Å²) in [5, 5.41) is 2.94. The number of hydrogen-bond donors (Lipinski definition) is 2.